The van der Waals surface area contributed by atoms with E-state index < -0.39 is 11.7 Å². The highest BCUT2D eigenvalue weighted by Gasteiger charge is 2.32. The van der Waals surface area contributed by atoms with E-state index in [1.165, 1.54) is 18.5 Å². The van der Waals surface area contributed by atoms with Crippen molar-refractivity contribution >= 4 is 16.7 Å². The summed E-state index contributed by atoms with van der Waals surface area (Å²) in [5.41, 5.74) is 0.473. The molecule has 0 fully saturated rings. The average Bonchev–Trinajstić information content (AvgIpc) is 2.55. The van der Waals surface area contributed by atoms with Crippen molar-refractivity contribution in [2.45, 2.75) is 12.6 Å². The number of alkyl halides is 3. The molecule has 23 heavy (non-hydrogen) atoms. The minimum absolute atomic E-state index is 0.258. The Bertz CT molecular complexity index is 810. The zero-order chi connectivity index (χ0) is 16.3. The van der Waals surface area contributed by atoms with Gasteiger partial charge in [-0.05, 0) is 30.2 Å². The first-order chi connectivity index (χ1) is 11.1. The lowest BCUT2D eigenvalue weighted by Crippen LogP contribution is -2.13. The predicted octanol–water partition coefficient (Wildman–Crippen LogP) is 4.30. The SMILES string of the molecule is FC(F)(F)c1ccccc1CCNc1ncnc2ccccc12. The number of para-hydroxylation sites is 1. The normalized spacial score (nSPS) is 11.6. The fraction of sp³-hybridized carbons (Fsp3) is 0.176. The van der Waals surface area contributed by atoms with Gasteiger partial charge in [-0.3, -0.25) is 0 Å². The smallest absolute Gasteiger partial charge is 0.369 e. The second-order valence-electron chi connectivity index (χ2n) is 5.07. The summed E-state index contributed by atoms with van der Waals surface area (Å²) in [6.07, 6.45) is -2.64. The third-order valence-electron chi connectivity index (χ3n) is 3.55. The van der Waals surface area contributed by atoms with Crippen LogP contribution in [0.1, 0.15) is 11.1 Å². The maximum absolute atomic E-state index is 13.0. The van der Waals surface area contributed by atoms with Gasteiger partial charge in [0.2, 0.25) is 0 Å². The van der Waals surface area contributed by atoms with Crippen LogP contribution < -0.4 is 5.32 Å². The van der Waals surface area contributed by atoms with Crippen LogP contribution >= 0.6 is 0 Å². The van der Waals surface area contributed by atoms with Gasteiger partial charge in [-0.15, -0.1) is 0 Å². The zero-order valence-corrected chi connectivity index (χ0v) is 12.1. The summed E-state index contributed by atoms with van der Waals surface area (Å²) in [4.78, 5) is 8.32. The maximum atomic E-state index is 13.0. The average molecular weight is 317 g/mol. The Kier molecular flexibility index (Phi) is 4.14. The molecule has 0 saturated heterocycles. The summed E-state index contributed by atoms with van der Waals surface area (Å²) < 4.78 is 38.9. The molecule has 118 valence electrons. The number of hydrogen-bond donors (Lipinski definition) is 1. The Morgan fingerprint density at radius 1 is 0.913 bits per heavy atom. The van der Waals surface area contributed by atoms with Gasteiger partial charge in [0.05, 0.1) is 11.1 Å². The van der Waals surface area contributed by atoms with E-state index in [-0.39, 0.29) is 12.0 Å². The molecule has 3 nitrogen and oxygen atoms in total. The zero-order valence-electron chi connectivity index (χ0n) is 12.1. The molecule has 2 aromatic carbocycles. The van der Waals surface area contributed by atoms with E-state index in [0.717, 1.165) is 17.0 Å². The minimum atomic E-state index is -4.34. The first-order valence-electron chi connectivity index (χ1n) is 7.14. The number of anilines is 1. The standard InChI is InChI=1S/C17H14F3N3/c18-17(19,20)14-7-3-1-5-12(14)9-10-21-16-13-6-2-4-8-15(13)22-11-23-16/h1-8,11H,9-10H2,(H,21,22,23). The van der Waals surface area contributed by atoms with Crippen molar-refractivity contribution in [2.24, 2.45) is 0 Å². The molecule has 1 aromatic heterocycles. The molecule has 0 unspecified atom stereocenters. The van der Waals surface area contributed by atoms with Crippen molar-refractivity contribution in [3.05, 3.63) is 66.0 Å². The van der Waals surface area contributed by atoms with Crippen molar-refractivity contribution < 1.29 is 13.2 Å². The summed E-state index contributed by atoms with van der Waals surface area (Å²) in [6, 6.07) is 13.1. The maximum Gasteiger partial charge on any atom is 0.416 e. The van der Waals surface area contributed by atoms with Crippen molar-refractivity contribution in [2.75, 3.05) is 11.9 Å². The number of rotatable bonds is 4. The lowest BCUT2D eigenvalue weighted by molar-refractivity contribution is -0.138. The molecule has 3 rings (SSSR count). The Hall–Kier alpha value is -2.63. The minimum Gasteiger partial charge on any atom is -0.369 e. The van der Waals surface area contributed by atoms with Crippen LogP contribution in [0.4, 0.5) is 19.0 Å². The van der Waals surface area contributed by atoms with Gasteiger partial charge in [-0.25, -0.2) is 9.97 Å². The second-order valence-corrected chi connectivity index (χ2v) is 5.07. The van der Waals surface area contributed by atoms with E-state index in [0.29, 0.717) is 12.4 Å². The highest BCUT2D eigenvalue weighted by atomic mass is 19.4. The van der Waals surface area contributed by atoms with E-state index in [1.807, 2.05) is 24.3 Å². The Labute approximate surface area is 131 Å². The topological polar surface area (TPSA) is 37.8 Å². The van der Waals surface area contributed by atoms with E-state index in [4.69, 9.17) is 0 Å². The third kappa shape index (κ3) is 3.41. The van der Waals surface area contributed by atoms with Crippen LogP contribution in [-0.2, 0) is 12.6 Å². The molecule has 0 atom stereocenters. The second kappa shape index (κ2) is 6.24. The molecule has 0 amide bonds. The van der Waals surface area contributed by atoms with Crippen LogP contribution in [-0.4, -0.2) is 16.5 Å². The Balaban J connectivity index is 1.75. The highest BCUT2D eigenvalue weighted by molar-refractivity contribution is 5.88. The van der Waals surface area contributed by atoms with E-state index in [2.05, 4.69) is 15.3 Å². The summed E-state index contributed by atoms with van der Waals surface area (Å²) in [6.45, 7) is 0.355. The molecule has 0 aliphatic rings. The Morgan fingerprint density at radius 2 is 1.65 bits per heavy atom. The molecule has 0 bridgehead atoms. The lowest BCUT2D eigenvalue weighted by Gasteiger charge is -2.13. The fourth-order valence-electron chi connectivity index (χ4n) is 2.48. The van der Waals surface area contributed by atoms with Crippen molar-refractivity contribution in [3.8, 4) is 0 Å². The van der Waals surface area contributed by atoms with Gasteiger partial charge >= 0.3 is 6.18 Å². The fourth-order valence-corrected chi connectivity index (χ4v) is 2.48. The van der Waals surface area contributed by atoms with E-state index in [9.17, 15) is 13.2 Å². The molecule has 0 saturated carbocycles. The van der Waals surface area contributed by atoms with Crippen LogP contribution in [0.15, 0.2) is 54.9 Å². The number of fused-ring (bicyclic) bond motifs is 1. The summed E-state index contributed by atoms with van der Waals surface area (Å²) in [5.74, 6) is 0.625. The van der Waals surface area contributed by atoms with Crippen LogP contribution in [0, 0.1) is 0 Å². The monoisotopic (exact) mass is 317 g/mol. The van der Waals surface area contributed by atoms with Crippen LogP contribution in [0.5, 0.6) is 0 Å². The molecule has 1 heterocycles. The van der Waals surface area contributed by atoms with Gasteiger partial charge in [0.1, 0.15) is 12.1 Å². The van der Waals surface area contributed by atoms with Gasteiger partial charge < -0.3 is 5.32 Å². The molecule has 1 N–H and O–H groups in total. The van der Waals surface area contributed by atoms with Crippen molar-refractivity contribution in [3.63, 3.8) is 0 Å². The quantitative estimate of drug-likeness (QED) is 0.779. The van der Waals surface area contributed by atoms with Gasteiger partial charge in [-0.1, -0.05) is 30.3 Å². The first-order valence-corrected chi connectivity index (χ1v) is 7.14. The summed E-state index contributed by atoms with van der Waals surface area (Å²) >= 11 is 0. The number of halogens is 3. The molecule has 0 spiro atoms. The molecule has 6 heteroatoms. The van der Waals surface area contributed by atoms with Crippen molar-refractivity contribution in [1.82, 2.24) is 9.97 Å². The largest absolute Gasteiger partial charge is 0.416 e. The van der Waals surface area contributed by atoms with Gasteiger partial charge in [0.25, 0.3) is 0 Å². The highest BCUT2D eigenvalue weighted by Crippen LogP contribution is 2.32. The predicted molar refractivity (Wildman–Crippen MR) is 83.2 cm³/mol. The van der Waals surface area contributed by atoms with E-state index in [1.54, 1.807) is 6.07 Å². The van der Waals surface area contributed by atoms with Gasteiger partial charge in [0, 0.05) is 11.9 Å². The lowest BCUT2D eigenvalue weighted by atomic mass is 10.0. The van der Waals surface area contributed by atoms with Crippen LogP contribution in [0.3, 0.4) is 0 Å². The molecular formula is C17H14F3N3. The summed E-state index contributed by atoms with van der Waals surface area (Å²) in [5, 5.41) is 3.94. The Morgan fingerprint density at radius 3 is 2.48 bits per heavy atom. The third-order valence-corrected chi connectivity index (χ3v) is 3.55. The molecule has 0 radical (unpaired) electrons. The van der Waals surface area contributed by atoms with Gasteiger partial charge in [-0.2, -0.15) is 13.2 Å². The van der Waals surface area contributed by atoms with Gasteiger partial charge in [0.15, 0.2) is 0 Å². The molecule has 3 aromatic rings. The summed E-state index contributed by atoms with van der Waals surface area (Å²) in [7, 11) is 0. The molecule has 0 aliphatic heterocycles. The van der Waals surface area contributed by atoms with Crippen LogP contribution in [0.2, 0.25) is 0 Å². The van der Waals surface area contributed by atoms with Crippen LogP contribution in [0.25, 0.3) is 10.9 Å². The number of nitrogens with zero attached hydrogens (tertiary/aromatic N) is 2. The van der Waals surface area contributed by atoms with Crippen molar-refractivity contribution in [1.29, 1.82) is 0 Å². The number of benzene rings is 2. The molecule has 0 aliphatic carbocycles. The molecular weight excluding hydrogens is 303 g/mol. The first kappa shape index (κ1) is 15.3. The number of aromatic nitrogens is 2. The number of nitrogens with one attached hydrogen (secondary N) is 1. The number of hydrogen-bond acceptors (Lipinski definition) is 3. The van der Waals surface area contributed by atoms with E-state index >= 15 is 0 Å².